The van der Waals surface area contributed by atoms with Crippen LogP contribution in [-0.4, -0.2) is 36.1 Å². The van der Waals surface area contributed by atoms with Crippen molar-refractivity contribution in [3.8, 4) is 0 Å². The molecule has 0 aliphatic carbocycles. The van der Waals surface area contributed by atoms with Crippen molar-refractivity contribution >= 4 is 23.5 Å². The first-order chi connectivity index (χ1) is 5.33. The van der Waals surface area contributed by atoms with E-state index in [1.165, 1.54) is 23.8 Å². The Hall–Kier alpha value is 0.660. The van der Waals surface area contributed by atoms with Crippen LogP contribution >= 0.6 is 23.5 Å². The fourth-order valence-corrected chi connectivity index (χ4v) is 2.46. The third-order valence-corrected chi connectivity index (χ3v) is 4.02. The second-order valence-electron chi connectivity index (χ2n) is 3.20. The summed E-state index contributed by atoms with van der Waals surface area (Å²) in [6, 6.07) is 0.823. The molecule has 1 rings (SSSR count). The molecule has 1 aliphatic rings. The summed E-state index contributed by atoms with van der Waals surface area (Å²) in [7, 11) is 0. The molecule has 1 nitrogen and oxygen atoms in total. The first-order valence-electron chi connectivity index (χ1n) is 4.13. The van der Waals surface area contributed by atoms with Gasteiger partial charge in [0.2, 0.25) is 0 Å². The molecule has 3 heteroatoms. The van der Waals surface area contributed by atoms with Crippen molar-refractivity contribution in [2.75, 3.05) is 30.1 Å². The lowest BCUT2D eigenvalue weighted by molar-refractivity contribution is 0.507. The molecule has 0 saturated carbocycles. The van der Waals surface area contributed by atoms with Gasteiger partial charge in [-0.3, -0.25) is 0 Å². The summed E-state index contributed by atoms with van der Waals surface area (Å²) in [6.07, 6.45) is 2.18. The average Bonchev–Trinajstić information content (AvgIpc) is 1.85. The van der Waals surface area contributed by atoms with Gasteiger partial charge in [0.25, 0.3) is 0 Å². The molecule has 0 amide bonds. The van der Waals surface area contributed by atoms with Crippen LogP contribution in [0.1, 0.15) is 6.92 Å². The Balaban J connectivity index is 1.92. The first-order valence-corrected chi connectivity index (χ1v) is 6.68. The van der Waals surface area contributed by atoms with E-state index in [-0.39, 0.29) is 0 Å². The molecule has 1 unspecified atom stereocenters. The second kappa shape index (κ2) is 5.33. The molecule has 66 valence electrons. The van der Waals surface area contributed by atoms with Crippen LogP contribution in [0.2, 0.25) is 0 Å². The predicted octanol–water partition coefficient (Wildman–Crippen LogP) is 1.69. The van der Waals surface area contributed by atoms with Gasteiger partial charge in [0.15, 0.2) is 0 Å². The van der Waals surface area contributed by atoms with Crippen LogP contribution in [0, 0.1) is 5.92 Å². The summed E-state index contributed by atoms with van der Waals surface area (Å²) in [4.78, 5) is 0. The largest absolute Gasteiger partial charge is 0.312 e. The van der Waals surface area contributed by atoms with Gasteiger partial charge in [-0.15, -0.1) is 0 Å². The number of nitrogens with one attached hydrogen (secondary N) is 1. The highest BCUT2D eigenvalue weighted by Gasteiger charge is 2.17. The molecule has 1 N–H and O–H groups in total. The van der Waals surface area contributed by atoms with Crippen molar-refractivity contribution in [1.29, 1.82) is 0 Å². The zero-order valence-electron chi connectivity index (χ0n) is 7.30. The van der Waals surface area contributed by atoms with Crippen LogP contribution in [0.4, 0.5) is 0 Å². The highest BCUT2D eigenvalue weighted by Crippen LogP contribution is 2.17. The fraction of sp³-hybridized carbons (Fsp3) is 1.00. The van der Waals surface area contributed by atoms with Crippen molar-refractivity contribution in [2.24, 2.45) is 5.92 Å². The molecule has 0 aromatic rings. The van der Waals surface area contributed by atoms with Crippen LogP contribution in [0.15, 0.2) is 0 Å². The summed E-state index contributed by atoms with van der Waals surface area (Å²) in [6.45, 7) is 3.52. The summed E-state index contributed by atoms with van der Waals surface area (Å²) < 4.78 is 0. The van der Waals surface area contributed by atoms with E-state index in [1.54, 1.807) is 0 Å². The average molecular weight is 191 g/mol. The van der Waals surface area contributed by atoms with Crippen molar-refractivity contribution in [3.63, 3.8) is 0 Å². The van der Waals surface area contributed by atoms with Gasteiger partial charge in [-0.05, 0) is 24.5 Å². The molecule has 1 heterocycles. The Bertz CT molecular complexity index is 104. The molecular formula is C8H17NS2. The number of hydrogen-bond acceptors (Lipinski definition) is 3. The third kappa shape index (κ3) is 3.72. The Morgan fingerprint density at radius 2 is 2.36 bits per heavy atom. The first kappa shape index (κ1) is 9.75. The monoisotopic (exact) mass is 191 g/mol. The molecule has 1 saturated heterocycles. The normalized spacial score (nSPS) is 21.3. The second-order valence-corrected chi connectivity index (χ2v) is 5.19. The third-order valence-electron chi connectivity index (χ3n) is 1.84. The summed E-state index contributed by atoms with van der Waals surface area (Å²) in [5, 5.41) is 3.57. The molecule has 11 heavy (non-hydrogen) atoms. The lowest BCUT2D eigenvalue weighted by Gasteiger charge is -2.27. The quantitative estimate of drug-likeness (QED) is 0.710. The van der Waals surface area contributed by atoms with Crippen LogP contribution in [0.3, 0.4) is 0 Å². The van der Waals surface area contributed by atoms with Crippen molar-refractivity contribution in [2.45, 2.75) is 13.0 Å². The van der Waals surface area contributed by atoms with E-state index in [4.69, 9.17) is 0 Å². The maximum Gasteiger partial charge on any atom is 0.0248 e. The Morgan fingerprint density at radius 1 is 1.64 bits per heavy atom. The maximum atomic E-state index is 3.57. The van der Waals surface area contributed by atoms with Crippen LogP contribution < -0.4 is 5.32 Å². The number of thioether (sulfide) groups is 2. The van der Waals surface area contributed by atoms with Gasteiger partial charge in [-0.25, -0.2) is 0 Å². The summed E-state index contributed by atoms with van der Waals surface area (Å²) in [5.41, 5.74) is 0. The topological polar surface area (TPSA) is 12.0 Å². The van der Waals surface area contributed by atoms with Gasteiger partial charge in [0.05, 0.1) is 0 Å². The van der Waals surface area contributed by atoms with E-state index in [0.717, 1.165) is 12.0 Å². The van der Waals surface area contributed by atoms with Crippen LogP contribution in [0.5, 0.6) is 0 Å². The van der Waals surface area contributed by atoms with E-state index >= 15 is 0 Å². The zero-order valence-corrected chi connectivity index (χ0v) is 8.93. The predicted molar refractivity (Wildman–Crippen MR) is 56.7 cm³/mol. The van der Waals surface area contributed by atoms with E-state index in [9.17, 15) is 0 Å². The number of hydrogen-bond donors (Lipinski definition) is 1. The summed E-state index contributed by atoms with van der Waals surface area (Å²) >= 11 is 3.98. The minimum atomic E-state index is 0.823. The fourth-order valence-electron chi connectivity index (χ4n) is 1.06. The lowest BCUT2D eigenvalue weighted by atomic mass is 10.2. The molecule has 0 aromatic carbocycles. The van der Waals surface area contributed by atoms with Gasteiger partial charge in [0.1, 0.15) is 0 Å². The SMILES string of the molecule is CSCC(C)CNC1CSC1. The Kier molecular flexibility index (Phi) is 4.72. The maximum absolute atomic E-state index is 3.57. The molecule has 1 atom stereocenters. The minimum absolute atomic E-state index is 0.823. The van der Waals surface area contributed by atoms with E-state index in [1.807, 2.05) is 23.5 Å². The van der Waals surface area contributed by atoms with Crippen molar-refractivity contribution in [1.82, 2.24) is 5.32 Å². The van der Waals surface area contributed by atoms with Crippen molar-refractivity contribution in [3.05, 3.63) is 0 Å². The molecule has 0 spiro atoms. The van der Waals surface area contributed by atoms with Gasteiger partial charge in [0, 0.05) is 17.5 Å². The summed E-state index contributed by atoms with van der Waals surface area (Å²) in [5.74, 6) is 4.76. The number of rotatable bonds is 5. The Morgan fingerprint density at radius 3 is 2.82 bits per heavy atom. The molecule has 1 fully saturated rings. The van der Waals surface area contributed by atoms with Gasteiger partial charge < -0.3 is 5.32 Å². The molecular weight excluding hydrogens is 174 g/mol. The molecule has 1 aliphatic heterocycles. The highest BCUT2D eigenvalue weighted by molar-refractivity contribution is 8.00. The molecule has 0 radical (unpaired) electrons. The van der Waals surface area contributed by atoms with Crippen LogP contribution in [-0.2, 0) is 0 Å². The Labute approximate surface area is 78.1 Å². The van der Waals surface area contributed by atoms with E-state index < -0.39 is 0 Å². The molecule has 0 aromatic heterocycles. The zero-order chi connectivity index (χ0) is 8.10. The lowest BCUT2D eigenvalue weighted by Crippen LogP contribution is -2.42. The standard InChI is InChI=1S/C8H17NS2/c1-7(4-10-2)3-9-8-5-11-6-8/h7-9H,3-6H2,1-2H3. The van der Waals surface area contributed by atoms with Crippen molar-refractivity contribution < 1.29 is 0 Å². The molecule has 0 bridgehead atoms. The van der Waals surface area contributed by atoms with Crippen LogP contribution in [0.25, 0.3) is 0 Å². The highest BCUT2D eigenvalue weighted by atomic mass is 32.2. The van der Waals surface area contributed by atoms with Gasteiger partial charge >= 0.3 is 0 Å². The van der Waals surface area contributed by atoms with E-state index in [0.29, 0.717) is 0 Å². The minimum Gasteiger partial charge on any atom is -0.312 e. The van der Waals surface area contributed by atoms with Gasteiger partial charge in [-0.1, -0.05) is 6.92 Å². The smallest absolute Gasteiger partial charge is 0.0248 e. The van der Waals surface area contributed by atoms with Gasteiger partial charge in [-0.2, -0.15) is 23.5 Å². The van der Waals surface area contributed by atoms with E-state index in [2.05, 4.69) is 18.5 Å².